The Balaban J connectivity index is 1.66. The van der Waals surface area contributed by atoms with E-state index in [0.717, 1.165) is 22.0 Å². The standard InChI is InChI=1S/C23H17ClN4O/c1-2-20-21(24)27-23(26-18-10-7-15(14-25)8-11-18)28-22(20)29-19-12-9-16-5-3-4-6-17(16)13-19/h3-13H,2H2,1H3,(H,26,27,28). The van der Waals surface area contributed by atoms with Gasteiger partial charge in [0.1, 0.15) is 10.9 Å². The molecule has 0 aliphatic carbocycles. The fourth-order valence-electron chi connectivity index (χ4n) is 2.97. The smallest absolute Gasteiger partial charge is 0.231 e. The lowest BCUT2D eigenvalue weighted by molar-refractivity contribution is 0.457. The minimum absolute atomic E-state index is 0.327. The summed E-state index contributed by atoms with van der Waals surface area (Å²) in [6.07, 6.45) is 0.638. The largest absolute Gasteiger partial charge is 0.438 e. The molecule has 0 radical (unpaired) electrons. The van der Waals surface area contributed by atoms with Crippen molar-refractivity contribution < 1.29 is 4.74 Å². The zero-order valence-corrected chi connectivity index (χ0v) is 16.4. The van der Waals surface area contributed by atoms with Crippen molar-refractivity contribution in [2.45, 2.75) is 13.3 Å². The monoisotopic (exact) mass is 400 g/mol. The van der Waals surface area contributed by atoms with Gasteiger partial charge in [-0.2, -0.15) is 10.2 Å². The zero-order chi connectivity index (χ0) is 20.2. The first-order valence-electron chi connectivity index (χ1n) is 9.16. The first-order valence-corrected chi connectivity index (χ1v) is 9.54. The third-order valence-corrected chi connectivity index (χ3v) is 4.79. The van der Waals surface area contributed by atoms with Gasteiger partial charge >= 0.3 is 0 Å². The lowest BCUT2D eigenvalue weighted by atomic mass is 10.1. The molecule has 0 spiro atoms. The van der Waals surface area contributed by atoms with Crippen LogP contribution in [0.2, 0.25) is 5.15 Å². The molecule has 4 aromatic rings. The fraction of sp³-hybridized carbons (Fsp3) is 0.0870. The zero-order valence-electron chi connectivity index (χ0n) is 15.7. The highest BCUT2D eigenvalue weighted by atomic mass is 35.5. The Morgan fingerprint density at radius 1 is 1.00 bits per heavy atom. The maximum Gasteiger partial charge on any atom is 0.231 e. The summed E-state index contributed by atoms with van der Waals surface area (Å²) in [5.41, 5.74) is 2.07. The van der Waals surface area contributed by atoms with Crippen molar-refractivity contribution in [1.82, 2.24) is 9.97 Å². The van der Waals surface area contributed by atoms with Gasteiger partial charge in [-0.3, -0.25) is 0 Å². The van der Waals surface area contributed by atoms with Crippen molar-refractivity contribution in [3.63, 3.8) is 0 Å². The van der Waals surface area contributed by atoms with E-state index in [2.05, 4.69) is 27.4 Å². The molecule has 3 aromatic carbocycles. The number of halogens is 1. The molecular weight excluding hydrogens is 384 g/mol. The van der Waals surface area contributed by atoms with Crippen LogP contribution in [0.3, 0.4) is 0 Å². The average molecular weight is 401 g/mol. The lowest BCUT2D eigenvalue weighted by Crippen LogP contribution is -2.03. The van der Waals surface area contributed by atoms with Crippen molar-refractivity contribution in [3.8, 4) is 17.7 Å². The van der Waals surface area contributed by atoms with Crippen LogP contribution < -0.4 is 10.1 Å². The summed E-state index contributed by atoms with van der Waals surface area (Å²) < 4.78 is 6.09. The van der Waals surface area contributed by atoms with Crippen molar-refractivity contribution >= 4 is 34.0 Å². The summed E-state index contributed by atoms with van der Waals surface area (Å²) in [7, 11) is 0. The van der Waals surface area contributed by atoms with Crippen LogP contribution in [0.4, 0.5) is 11.6 Å². The second kappa shape index (κ2) is 8.17. The Bertz CT molecular complexity index is 1220. The van der Waals surface area contributed by atoms with Crippen molar-refractivity contribution in [3.05, 3.63) is 83.0 Å². The van der Waals surface area contributed by atoms with E-state index in [0.29, 0.717) is 34.7 Å². The summed E-state index contributed by atoms with van der Waals surface area (Å²) >= 11 is 6.40. The van der Waals surface area contributed by atoms with Gasteiger partial charge in [-0.1, -0.05) is 48.9 Å². The van der Waals surface area contributed by atoms with Gasteiger partial charge in [-0.05, 0) is 53.6 Å². The van der Waals surface area contributed by atoms with Gasteiger partial charge in [0.15, 0.2) is 0 Å². The molecular formula is C23H17ClN4O. The second-order valence-corrected chi connectivity index (χ2v) is 6.76. The summed E-state index contributed by atoms with van der Waals surface area (Å²) in [6.45, 7) is 1.98. The fourth-order valence-corrected chi connectivity index (χ4v) is 3.27. The number of hydrogen-bond donors (Lipinski definition) is 1. The molecule has 0 unspecified atom stereocenters. The Hall–Kier alpha value is -3.62. The molecule has 0 bridgehead atoms. The van der Waals surface area contributed by atoms with Crippen molar-refractivity contribution in [2.75, 3.05) is 5.32 Å². The molecule has 29 heavy (non-hydrogen) atoms. The predicted molar refractivity (Wildman–Crippen MR) is 115 cm³/mol. The van der Waals surface area contributed by atoms with Crippen LogP contribution in [0, 0.1) is 11.3 Å². The van der Waals surface area contributed by atoms with Crippen LogP contribution in [0.5, 0.6) is 11.6 Å². The highest BCUT2D eigenvalue weighted by molar-refractivity contribution is 6.30. The quantitative estimate of drug-likeness (QED) is 0.401. The van der Waals surface area contributed by atoms with E-state index in [4.69, 9.17) is 21.6 Å². The summed E-state index contributed by atoms with van der Waals surface area (Å²) in [5, 5.41) is 14.6. The predicted octanol–water partition coefficient (Wildman–Crippen LogP) is 6.25. The van der Waals surface area contributed by atoms with Gasteiger partial charge in [-0.25, -0.2) is 4.98 Å². The summed E-state index contributed by atoms with van der Waals surface area (Å²) in [4.78, 5) is 8.86. The SMILES string of the molecule is CCc1c(Cl)nc(Nc2ccc(C#N)cc2)nc1Oc1ccc2ccccc2c1. The number of ether oxygens (including phenoxy) is 1. The van der Waals surface area contributed by atoms with Gasteiger partial charge in [0, 0.05) is 5.69 Å². The van der Waals surface area contributed by atoms with Gasteiger partial charge in [0.2, 0.25) is 11.8 Å². The van der Waals surface area contributed by atoms with Crippen molar-refractivity contribution in [2.24, 2.45) is 0 Å². The Morgan fingerprint density at radius 3 is 2.48 bits per heavy atom. The van der Waals surface area contributed by atoms with Crippen LogP contribution >= 0.6 is 11.6 Å². The Kier molecular flexibility index (Phi) is 5.28. The first-order chi connectivity index (χ1) is 14.2. The molecule has 1 N–H and O–H groups in total. The van der Waals surface area contributed by atoms with Gasteiger partial charge in [0.25, 0.3) is 0 Å². The molecule has 0 saturated carbocycles. The molecule has 1 aromatic heterocycles. The van der Waals surface area contributed by atoms with E-state index in [1.54, 1.807) is 24.3 Å². The maximum absolute atomic E-state index is 8.93. The third kappa shape index (κ3) is 4.13. The molecule has 0 fully saturated rings. The normalized spacial score (nSPS) is 10.5. The third-order valence-electron chi connectivity index (χ3n) is 4.48. The Morgan fingerprint density at radius 2 is 1.76 bits per heavy atom. The van der Waals surface area contributed by atoms with E-state index in [1.807, 2.05) is 43.3 Å². The number of nitriles is 1. The molecule has 6 heteroatoms. The minimum atomic E-state index is 0.327. The van der Waals surface area contributed by atoms with E-state index >= 15 is 0 Å². The first kappa shape index (κ1) is 18.7. The molecule has 0 aliphatic rings. The minimum Gasteiger partial charge on any atom is -0.438 e. The molecule has 0 atom stereocenters. The van der Waals surface area contributed by atoms with Crippen molar-refractivity contribution in [1.29, 1.82) is 5.26 Å². The van der Waals surface area contributed by atoms with E-state index < -0.39 is 0 Å². The van der Waals surface area contributed by atoms with Crippen LogP contribution in [0.25, 0.3) is 10.8 Å². The van der Waals surface area contributed by atoms with E-state index in [1.165, 1.54) is 0 Å². The number of aromatic nitrogens is 2. The van der Waals surface area contributed by atoms with Crippen LogP contribution in [-0.2, 0) is 6.42 Å². The van der Waals surface area contributed by atoms with E-state index in [9.17, 15) is 0 Å². The molecule has 5 nitrogen and oxygen atoms in total. The molecule has 4 rings (SSSR count). The van der Waals surface area contributed by atoms with Crippen LogP contribution in [-0.4, -0.2) is 9.97 Å². The molecule has 1 heterocycles. The number of benzene rings is 3. The highest BCUT2D eigenvalue weighted by Gasteiger charge is 2.14. The molecule has 142 valence electrons. The number of rotatable bonds is 5. The lowest BCUT2D eigenvalue weighted by Gasteiger charge is -2.13. The van der Waals surface area contributed by atoms with Crippen LogP contribution in [0.15, 0.2) is 66.7 Å². The molecule has 0 saturated heterocycles. The number of anilines is 2. The maximum atomic E-state index is 8.93. The van der Waals surface area contributed by atoms with Gasteiger partial charge in [-0.15, -0.1) is 0 Å². The van der Waals surface area contributed by atoms with Gasteiger partial charge < -0.3 is 10.1 Å². The number of hydrogen-bond acceptors (Lipinski definition) is 5. The second-order valence-electron chi connectivity index (χ2n) is 6.40. The van der Waals surface area contributed by atoms with E-state index in [-0.39, 0.29) is 0 Å². The number of fused-ring (bicyclic) bond motifs is 1. The molecule has 0 aliphatic heterocycles. The Labute approximate surface area is 173 Å². The van der Waals surface area contributed by atoms with Gasteiger partial charge in [0.05, 0.1) is 17.2 Å². The summed E-state index contributed by atoms with van der Waals surface area (Å²) in [5.74, 6) is 1.42. The average Bonchev–Trinajstić information content (AvgIpc) is 2.74. The highest BCUT2D eigenvalue weighted by Crippen LogP contribution is 2.31. The molecule has 0 amide bonds. The summed E-state index contributed by atoms with van der Waals surface area (Å²) in [6, 6.07) is 23.1. The number of nitrogens with zero attached hydrogens (tertiary/aromatic N) is 3. The number of nitrogens with one attached hydrogen (secondary N) is 1. The topological polar surface area (TPSA) is 70.8 Å². The van der Waals surface area contributed by atoms with Crippen LogP contribution in [0.1, 0.15) is 18.1 Å².